The fourth-order valence-corrected chi connectivity index (χ4v) is 1.37. The van der Waals surface area contributed by atoms with Gasteiger partial charge in [-0.1, -0.05) is 13.3 Å². The highest BCUT2D eigenvalue weighted by atomic mass is 19.1. The molecule has 1 rings (SSSR count). The van der Waals surface area contributed by atoms with Crippen LogP contribution in [0.1, 0.15) is 37.0 Å². The highest BCUT2D eigenvalue weighted by Crippen LogP contribution is 2.13. The molecular formula is C12H14F2O2. The van der Waals surface area contributed by atoms with E-state index < -0.39 is 17.6 Å². The van der Waals surface area contributed by atoms with Gasteiger partial charge in [0.05, 0.1) is 11.7 Å². The molecule has 0 spiro atoms. The minimum atomic E-state index is -0.821. The Kier molecular flexibility index (Phi) is 4.40. The third-order valence-electron chi connectivity index (χ3n) is 2.15. The molecule has 0 saturated heterocycles. The lowest BCUT2D eigenvalue weighted by Crippen LogP contribution is -2.16. The molecule has 0 aromatic heterocycles. The lowest BCUT2D eigenvalue weighted by atomic mass is 10.2. The lowest BCUT2D eigenvalue weighted by molar-refractivity contribution is 0.0317. The number of carbonyl (C=O) groups excluding carboxylic acids is 1. The highest BCUT2D eigenvalue weighted by Gasteiger charge is 2.16. The van der Waals surface area contributed by atoms with Crippen molar-refractivity contribution in [2.75, 3.05) is 0 Å². The van der Waals surface area contributed by atoms with Crippen LogP contribution in [0.4, 0.5) is 8.78 Å². The average molecular weight is 228 g/mol. The summed E-state index contributed by atoms with van der Waals surface area (Å²) in [6.45, 7) is 3.67. The number of esters is 1. The van der Waals surface area contributed by atoms with Crippen molar-refractivity contribution in [1.29, 1.82) is 0 Å². The molecule has 0 amide bonds. The predicted molar refractivity (Wildman–Crippen MR) is 56.1 cm³/mol. The van der Waals surface area contributed by atoms with Crippen LogP contribution in [0.5, 0.6) is 0 Å². The number of halogens is 2. The Labute approximate surface area is 93.2 Å². The van der Waals surface area contributed by atoms with Crippen LogP contribution in [-0.2, 0) is 4.74 Å². The normalized spacial score (nSPS) is 12.2. The van der Waals surface area contributed by atoms with E-state index in [-0.39, 0.29) is 11.7 Å². The number of benzene rings is 1. The molecule has 0 radical (unpaired) electrons. The van der Waals surface area contributed by atoms with Gasteiger partial charge in [0.2, 0.25) is 0 Å². The van der Waals surface area contributed by atoms with E-state index in [4.69, 9.17) is 4.74 Å². The summed E-state index contributed by atoms with van der Waals surface area (Å²) >= 11 is 0. The first-order chi connectivity index (χ1) is 7.54. The van der Waals surface area contributed by atoms with E-state index in [1.54, 1.807) is 6.92 Å². The van der Waals surface area contributed by atoms with E-state index in [0.29, 0.717) is 6.42 Å². The fourth-order valence-electron chi connectivity index (χ4n) is 1.37. The molecule has 88 valence electrons. The van der Waals surface area contributed by atoms with Gasteiger partial charge in [-0.05, 0) is 31.5 Å². The second-order valence-electron chi connectivity index (χ2n) is 3.63. The fraction of sp³-hybridized carbons (Fsp3) is 0.417. The van der Waals surface area contributed by atoms with Gasteiger partial charge in [0, 0.05) is 0 Å². The molecular weight excluding hydrogens is 214 g/mol. The first-order valence-electron chi connectivity index (χ1n) is 5.20. The van der Waals surface area contributed by atoms with Gasteiger partial charge in [0.25, 0.3) is 0 Å². The molecule has 2 nitrogen and oxygen atoms in total. The molecule has 4 heteroatoms. The van der Waals surface area contributed by atoms with Gasteiger partial charge in [-0.15, -0.1) is 0 Å². The first kappa shape index (κ1) is 12.6. The zero-order valence-electron chi connectivity index (χ0n) is 9.30. The summed E-state index contributed by atoms with van der Waals surface area (Å²) in [6.07, 6.45) is 1.27. The van der Waals surface area contributed by atoms with Crippen molar-refractivity contribution < 1.29 is 18.3 Å². The molecule has 1 unspecified atom stereocenters. The number of hydrogen-bond donors (Lipinski definition) is 0. The molecule has 1 atom stereocenters. The first-order valence-corrected chi connectivity index (χ1v) is 5.20. The third kappa shape index (κ3) is 3.29. The monoisotopic (exact) mass is 228 g/mol. The quantitative estimate of drug-likeness (QED) is 0.739. The summed E-state index contributed by atoms with van der Waals surface area (Å²) in [6, 6.07) is 2.72. The van der Waals surface area contributed by atoms with Crippen molar-refractivity contribution in [2.45, 2.75) is 32.8 Å². The minimum absolute atomic E-state index is 0.292. The molecule has 0 bridgehead atoms. The van der Waals surface area contributed by atoms with Crippen LogP contribution in [0.15, 0.2) is 18.2 Å². The van der Waals surface area contributed by atoms with E-state index in [9.17, 15) is 13.6 Å². The smallest absolute Gasteiger partial charge is 0.341 e. The van der Waals surface area contributed by atoms with E-state index >= 15 is 0 Å². The SMILES string of the molecule is CCCC(C)OC(=O)c1cc(F)ccc1F. The Morgan fingerprint density at radius 3 is 2.75 bits per heavy atom. The maximum Gasteiger partial charge on any atom is 0.341 e. The third-order valence-corrected chi connectivity index (χ3v) is 2.15. The summed E-state index contributed by atoms with van der Waals surface area (Å²) in [7, 11) is 0. The van der Waals surface area contributed by atoms with Crippen LogP contribution in [0.2, 0.25) is 0 Å². The highest BCUT2D eigenvalue weighted by molar-refractivity contribution is 5.89. The van der Waals surface area contributed by atoms with Gasteiger partial charge >= 0.3 is 5.97 Å². The van der Waals surface area contributed by atoms with E-state index in [1.807, 2.05) is 6.92 Å². The van der Waals surface area contributed by atoms with Crippen molar-refractivity contribution in [1.82, 2.24) is 0 Å². The van der Waals surface area contributed by atoms with Crippen molar-refractivity contribution in [2.24, 2.45) is 0 Å². The Hall–Kier alpha value is -1.45. The largest absolute Gasteiger partial charge is 0.459 e. The maximum absolute atomic E-state index is 13.2. The van der Waals surface area contributed by atoms with Gasteiger partial charge in [-0.25, -0.2) is 13.6 Å². The summed E-state index contributed by atoms with van der Waals surface area (Å²) in [5.74, 6) is -2.25. The van der Waals surface area contributed by atoms with E-state index in [1.165, 1.54) is 0 Å². The van der Waals surface area contributed by atoms with Gasteiger partial charge in [0.15, 0.2) is 0 Å². The zero-order chi connectivity index (χ0) is 12.1. The van der Waals surface area contributed by atoms with E-state index in [2.05, 4.69) is 0 Å². The van der Waals surface area contributed by atoms with Gasteiger partial charge < -0.3 is 4.74 Å². The molecule has 0 saturated carbocycles. The van der Waals surface area contributed by atoms with Crippen molar-refractivity contribution in [3.8, 4) is 0 Å². The Balaban J connectivity index is 2.76. The van der Waals surface area contributed by atoms with Gasteiger partial charge in [0.1, 0.15) is 11.6 Å². The van der Waals surface area contributed by atoms with Gasteiger partial charge in [-0.3, -0.25) is 0 Å². The Morgan fingerprint density at radius 2 is 2.12 bits per heavy atom. The van der Waals surface area contributed by atoms with E-state index in [0.717, 1.165) is 24.6 Å². The van der Waals surface area contributed by atoms with Crippen molar-refractivity contribution in [3.63, 3.8) is 0 Å². The molecule has 0 aliphatic heterocycles. The standard InChI is InChI=1S/C12H14F2O2/c1-3-4-8(2)16-12(15)10-7-9(13)5-6-11(10)14/h5-8H,3-4H2,1-2H3. The molecule has 0 fully saturated rings. The summed E-state index contributed by atoms with van der Waals surface area (Å²) in [5, 5.41) is 0. The second kappa shape index (κ2) is 5.58. The molecule has 1 aromatic rings. The number of rotatable bonds is 4. The minimum Gasteiger partial charge on any atom is -0.459 e. The van der Waals surface area contributed by atoms with Crippen molar-refractivity contribution >= 4 is 5.97 Å². The number of carbonyl (C=O) groups is 1. The zero-order valence-corrected chi connectivity index (χ0v) is 9.30. The number of ether oxygens (including phenoxy) is 1. The molecule has 0 heterocycles. The van der Waals surface area contributed by atoms with Gasteiger partial charge in [-0.2, -0.15) is 0 Å². The molecule has 16 heavy (non-hydrogen) atoms. The molecule has 1 aromatic carbocycles. The number of hydrogen-bond acceptors (Lipinski definition) is 2. The Morgan fingerprint density at radius 1 is 1.44 bits per heavy atom. The maximum atomic E-state index is 13.2. The topological polar surface area (TPSA) is 26.3 Å². The van der Waals surface area contributed by atoms with Crippen LogP contribution in [0, 0.1) is 11.6 Å². The molecule has 0 aliphatic rings. The Bertz CT molecular complexity index is 377. The van der Waals surface area contributed by atoms with Crippen LogP contribution in [0.25, 0.3) is 0 Å². The van der Waals surface area contributed by atoms with Crippen molar-refractivity contribution in [3.05, 3.63) is 35.4 Å². The summed E-state index contributed by atoms with van der Waals surface area (Å²) in [5.41, 5.74) is -0.358. The summed E-state index contributed by atoms with van der Waals surface area (Å²) < 4.78 is 31.0. The molecule has 0 aliphatic carbocycles. The predicted octanol–water partition coefficient (Wildman–Crippen LogP) is 3.31. The van der Waals surface area contributed by atoms with Crippen LogP contribution >= 0.6 is 0 Å². The lowest BCUT2D eigenvalue weighted by Gasteiger charge is -2.12. The van der Waals surface area contributed by atoms with Crippen LogP contribution in [-0.4, -0.2) is 12.1 Å². The summed E-state index contributed by atoms with van der Waals surface area (Å²) in [4.78, 5) is 11.5. The molecule has 0 N–H and O–H groups in total. The van der Waals surface area contributed by atoms with Crippen LogP contribution in [0.3, 0.4) is 0 Å². The van der Waals surface area contributed by atoms with Crippen LogP contribution < -0.4 is 0 Å². The second-order valence-corrected chi connectivity index (χ2v) is 3.63. The average Bonchev–Trinajstić information content (AvgIpc) is 2.21.